The summed E-state index contributed by atoms with van der Waals surface area (Å²) in [4.78, 5) is 12.7. The van der Waals surface area contributed by atoms with Gasteiger partial charge in [0.2, 0.25) is 10.0 Å². The minimum absolute atomic E-state index is 0.0451. The Kier molecular flexibility index (Phi) is 8.06. The van der Waals surface area contributed by atoms with E-state index in [1.165, 1.54) is 18.7 Å². The molecule has 2 aromatic rings. The number of hydrogen-bond acceptors (Lipinski definition) is 6. The number of hydrogen-bond donors (Lipinski definition) is 2. The first-order chi connectivity index (χ1) is 15.0. The topological polar surface area (TPSA) is 93.7 Å². The van der Waals surface area contributed by atoms with Crippen molar-refractivity contribution in [3.05, 3.63) is 53.1 Å². The number of sulfonamides is 1. The van der Waals surface area contributed by atoms with Gasteiger partial charge in [0.15, 0.2) is 5.78 Å². The van der Waals surface area contributed by atoms with Crippen LogP contribution in [0.1, 0.15) is 40.7 Å². The third kappa shape index (κ3) is 5.84. The largest absolute Gasteiger partial charge is 0.496 e. The second kappa shape index (κ2) is 10.7. The van der Waals surface area contributed by atoms with E-state index in [1.54, 1.807) is 13.2 Å². The molecule has 0 amide bonds. The van der Waals surface area contributed by atoms with Crippen molar-refractivity contribution < 1.29 is 22.7 Å². The van der Waals surface area contributed by atoms with Gasteiger partial charge in [-0.2, -0.15) is 0 Å². The number of Topliss-reactive ketones (excluding diaryl/α,β-unsaturated/α-hetero) is 1. The molecule has 0 saturated carbocycles. The van der Waals surface area contributed by atoms with Crippen LogP contribution in [0.5, 0.6) is 11.5 Å². The van der Waals surface area contributed by atoms with E-state index in [4.69, 9.17) is 9.47 Å². The first kappa shape index (κ1) is 23.2. The first-order valence-electron chi connectivity index (χ1n) is 10.6. The fourth-order valence-electron chi connectivity index (χ4n) is 3.68. The molecule has 3 rings (SSSR count). The molecule has 1 heterocycles. The van der Waals surface area contributed by atoms with Gasteiger partial charge in [0.1, 0.15) is 16.4 Å². The van der Waals surface area contributed by atoms with Crippen molar-refractivity contribution in [2.24, 2.45) is 0 Å². The minimum Gasteiger partial charge on any atom is -0.496 e. The normalized spacial score (nSPS) is 13.0. The Bertz CT molecular complexity index is 1020. The van der Waals surface area contributed by atoms with Crippen LogP contribution in [0.2, 0.25) is 0 Å². The summed E-state index contributed by atoms with van der Waals surface area (Å²) in [6, 6.07) is 11.2. The Morgan fingerprint density at radius 3 is 2.74 bits per heavy atom. The van der Waals surface area contributed by atoms with E-state index in [-0.39, 0.29) is 10.7 Å². The quantitative estimate of drug-likeness (QED) is 0.385. The van der Waals surface area contributed by atoms with Crippen molar-refractivity contribution in [2.45, 2.75) is 37.0 Å². The fourth-order valence-corrected chi connectivity index (χ4v) is 4.62. The number of unbranched alkanes of at least 4 members (excludes halogenated alkanes) is 1. The van der Waals surface area contributed by atoms with E-state index < -0.39 is 10.0 Å². The van der Waals surface area contributed by atoms with Gasteiger partial charge in [-0.05, 0) is 68.7 Å². The number of nitrogens with one attached hydrogen (secondary N) is 2. The van der Waals surface area contributed by atoms with E-state index in [2.05, 4.69) is 16.1 Å². The lowest BCUT2D eigenvalue weighted by atomic mass is 10.0. The zero-order valence-corrected chi connectivity index (χ0v) is 18.9. The zero-order valence-electron chi connectivity index (χ0n) is 18.1. The number of carbonyl (C=O) groups excluding carboxylic acids is 1. The van der Waals surface area contributed by atoms with Gasteiger partial charge in [-0.15, -0.1) is 0 Å². The van der Waals surface area contributed by atoms with Crippen LogP contribution >= 0.6 is 0 Å². The molecule has 0 radical (unpaired) electrons. The molecule has 1 aliphatic heterocycles. The molecule has 0 aromatic heterocycles. The predicted molar refractivity (Wildman–Crippen MR) is 120 cm³/mol. The average molecular weight is 447 g/mol. The van der Waals surface area contributed by atoms with Gasteiger partial charge in [-0.25, -0.2) is 13.1 Å². The maximum absolute atomic E-state index is 12.7. The molecule has 0 atom stereocenters. The molecule has 0 bridgehead atoms. The summed E-state index contributed by atoms with van der Waals surface area (Å²) in [5.41, 5.74) is 2.38. The summed E-state index contributed by atoms with van der Waals surface area (Å²) in [6.07, 6.45) is 3.48. The molecule has 2 aromatic carbocycles. The van der Waals surface area contributed by atoms with Crippen LogP contribution in [0.3, 0.4) is 0 Å². The van der Waals surface area contributed by atoms with Crippen molar-refractivity contribution in [3.8, 4) is 11.5 Å². The van der Waals surface area contributed by atoms with Crippen molar-refractivity contribution in [2.75, 3.05) is 33.9 Å². The van der Waals surface area contributed by atoms with Gasteiger partial charge < -0.3 is 14.8 Å². The molecule has 168 valence electrons. The van der Waals surface area contributed by atoms with Crippen molar-refractivity contribution in [1.29, 1.82) is 0 Å². The van der Waals surface area contributed by atoms with Crippen LogP contribution < -0.4 is 19.5 Å². The summed E-state index contributed by atoms with van der Waals surface area (Å²) in [7, 11) is -0.661. The van der Waals surface area contributed by atoms with Crippen LogP contribution in [-0.4, -0.2) is 48.1 Å². The number of ketones is 1. The lowest BCUT2D eigenvalue weighted by Crippen LogP contribution is -2.20. The van der Waals surface area contributed by atoms with E-state index in [9.17, 15) is 13.2 Å². The van der Waals surface area contributed by atoms with Gasteiger partial charge in [-0.3, -0.25) is 4.79 Å². The molecule has 0 fully saturated rings. The third-order valence-corrected chi connectivity index (χ3v) is 6.82. The maximum Gasteiger partial charge on any atom is 0.244 e. The number of carbonyl (C=O) groups is 1. The van der Waals surface area contributed by atoms with E-state index in [0.717, 1.165) is 43.7 Å². The molecule has 1 aliphatic rings. The fraction of sp³-hybridized carbons (Fsp3) is 0.435. The highest BCUT2D eigenvalue weighted by atomic mass is 32.2. The van der Waals surface area contributed by atoms with Gasteiger partial charge in [-0.1, -0.05) is 18.2 Å². The smallest absolute Gasteiger partial charge is 0.244 e. The van der Waals surface area contributed by atoms with Crippen LogP contribution in [0.4, 0.5) is 0 Å². The molecule has 31 heavy (non-hydrogen) atoms. The number of ether oxygens (including phenoxy) is 2. The Morgan fingerprint density at radius 2 is 1.97 bits per heavy atom. The highest BCUT2D eigenvalue weighted by Crippen LogP contribution is 2.34. The number of fused-ring (bicyclic) bond motifs is 1. The van der Waals surface area contributed by atoms with E-state index >= 15 is 0 Å². The Hall–Kier alpha value is -2.42. The van der Waals surface area contributed by atoms with Gasteiger partial charge in [0.05, 0.1) is 13.7 Å². The summed E-state index contributed by atoms with van der Waals surface area (Å²) in [5.74, 6) is 1.22. The molecule has 7 nitrogen and oxygen atoms in total. The minimum atomic E-state index is -3.69. The number of rotatable bonds is 12. The van der Waals surface area contributed by atoms with E-state index in [1.807, 2.05) is 18.2 Å². The Morgan fingerprint density at radius 1 is 1.16 bits per heavy atom. The highest BCUT2D eigenvalue weighted by Gasteiger charge is 2.26. The average Bonchev–Trinajstić information content (AvgIpc) is 3.26. The molecule has 0 saturated heterocycles. The monoisotopic (exact) mass is 446 g/mol. The Labute approximate surface area is 184 Å². The van der Waals surface area contributed by atoms with Gasteiger partial charge in [0, 0.05) is 18.4 Å². The molecule has 8 heteroatoms. The van der Waals surface area contributed by atoms with Crippen molar-refractivity contribution >= 4 is 15.8 Å². The second-order valence-corrected chi connectivity index (χ2v) is 9.32. The van der Waals surface area contributed by atoms with Crippen LogP contribution in [-0.2, 0) is 22.9 Å². The first-order valence-corrected chi connectivity index (χ1v) is 12.0. The molecular formula is C23H30N2O5S. The molecule has 0 spiro atoms. The summed E-state index contributed by atoms with van der Waals surface area (Å²) in [6.45, 7) is 2.09. The summed E-state index contributed by atoms with van der Waals surface area (Å²) in [5, 5.41) is 3.40. The number of benzene rings is 2. The standard InChI is InChI=1S/C23H30N2O5S/c1-24-31(27,28)22-16-19(15-18-11-14-30-23(18)22)20(26)8-5-6-12-25-13-10-17-7-3-4-9-21(17)29-2/h3-4,7,9,15-16,24-25H,5-6,8,10-14H2,1-2H3. The third-order valence-electron chi connectivity index (χ3n) is 5.40. The van der Waals surface area contributed by atoms with Crippen molar-refractivity contribution in [1.82, 2.24) is 10.0 Å². The van der Waals surface area contributed by atoms with Gasteiger partial charge >= 0.3 is 0 Å². The second-order valence-electron chi connectivity index (χ2n) is 7.46. The highest BCUT2D eigenvalue weighted by molar-refractivity contribution is 7.89. The molecule has 0 aliphatic carbocycles. The maximum atomic E-state index is 12.7. The van der Waals surface area contributed by atoms with Crippen molar-refractivity contribution in [3.63, 3.8) is 0 Å². The van der Waals surface area contributed by atoms with E-state index in [0.29, 0.717) is 30.8 Å². The van der Waals surface area contributed by atoms with Crippen LogP contribution in [0.15, 0.2) is 41.3 Å². The number of para-hydroxylation sites is 1. The number of methoxy groups -OCH3 is 1. The van der Waals surface area contributed by atoms with Crippen LogP contribution in [0, 0.1) is 0 Å². The molecule has 2 N–H and O–H groups in total. The lowest BCUT2D eigenvalue weighted by molar-refractivity contribution is 0.0979. The molecule has 0 unspecified atom stereocenters. The summed E-state index contributed by atoms with van der Waals surface area (Å²) >= 11 is 0. The van der Waals surface area contributed by atoms with Gasteiger partial charge in [0.25, 0.3) is 0 Å². The predicted octanol–water partition coefficient (Wildman–Crippen LogP) is 2.72. The Balaban J connectivity index is 1.47. The lowest BCUT2D eigenvalue weighted by Gasteiger charge is -2.11. The van der Waals surface area contributed by atoms with Crippen LogP contribution in [0.25, 0.3) is 0 Å². The molecular weight excluding hydrogens is 416 g/mol. The summed E-state index contributed by atoms with van der Waals surface area (Å²) < 4.78 is 37.8. The SMILES string of the molecule is CNS(=O)(=O)c1cc(C(=O)CCCCNCCc2ccccc2OC)cc2c1OCC2. The zero-order chi connectivity index (χ0) is 22.3.